The monoisotopic (exact) mass is 387 g/mol. The van der Waals surface area contributed by atoms with E-state index in [9.17, 15) is 5.11 Å². The lowest BCUT2D eigenvalue weighted by atomic mass is 9.60. The molecule has 6 nitrogen and oxygen atoms in total. The van der Waals surface area contributed by atoms with Crippen LogP contribution in [-0.4, -0.2) is 61.1 Å². The largest absolute Gasteiger partial charge is 0.395 e. The fourth-order valence-electron chi connectivity index (χ4n) is 5.18. The van der Waals surface area contributed by atoms with Crippen LogP contribution in [0.1, 0.15) is 22.7 Å². The molecule has 0 bridgehead atoms. The molecule has 2 saturated heterocycles. The Hall–Kier alpha value is -2.67. The summed E-state index contributed by atoms with van der Waals surface area (Å²) in [4.78, 5) is 17.7. The molecule has 0 unspecified atom stereocenters. The SMILES string of the molecule is OC[C@H]1[C@@H](c2ccccc2)C2(CN(Cc3ccccn3)C2)N1Cc1cncnc1. The fourth-order valence-corrected chi connectivity index (χ4v) is 5.18. The highest BCUT2D eigenvalue weighted by Crippen LogP contribution is 2.54. The summed E-state index contributed by atoms with van der Waals surface area (Å²) in [6.45, 7) is 3.69. The molecule has 1 spiro atoms. The molecule has 0 aliphatic carbocycles. The number of pyridine rings is 1. The maximum Gasteiger partial charge on any atom is 0.115 e. The average molecular weight is 387 g/mol. The van der Waals surface area contributed by atoms with Gasteiger partial charge in [-0.2, -0.15) is 0 Å². The van der Waals surface area contributed by atoms with Crippen molar-refractivity contribution in [3.05, 3.63) is 90.3 Å². The summed E-state index contributed by atoms with van der Waals surface area (Å²) in [7, 11) is 0. The third-order valence-corrected chi connectivity index (χ3v) is 6.36. The Morgan fingerprint density at radius 3 is 2.41 bits per heavy atom. The van der Waals surface area contributed by atoms with Crippen molar-refractivity contribution in [2.24, 2.45) is 0 Å². The predicted octanol–water partition coefficient (Wildman–Crippen LogP) is 2.09. The standard InChI is InChI=1S/C23H25N5O/c29-14-21-22(19-6-2-1-3-7-19)23(28(21)12-18-10-24-17-25-11-18)15-27(16-23)13-20-8-4-5-9-26-20/h1-11,17,21-22,29H,12-16H2/t21-,22+/m0/s1. The Balaban J connectivity index is 1.40. The van der Waals surface area contributed by atoms with Gasteiger partial charge in [-0.15, -0.1) is 0 Å². The van der Waals surface area contributed by atoms with Crippen molar-refractivity contribution in [1.29, 1.82) is 0 Å². The van der Waals surface area contributed by atoms with Crippen LogP contribution in [0.25, 0.3) is 0 Å². The van der Waals surface area contributed by atoms with Crippen molar-refractivity contribution < 1.29 is 5.11 Å². The van der Waals surface area contributed by atoms with Crippen molar-refractivity contribution in [2.75, 3.05) is 19.7 Å². The summed E-state index contributed by atoms with van der Waals surface area (Å²) in [5.74, 6) is 0.318. The van der Waals surface area contributed by atoms with Crippen LogP contribution in [0.3, 0.4) is 0 Å². The Morgan fingerprint density at radius 2 is 1.72 bits per heavy atom. The molecule has 2 aromatic heterocycles. The molecule has 2 atom stereocenters. The topological polar surface area (TPSA) is 65.4 Å². The molecule has 1 N–H and O–H groups in total. The number of aliphatic hydroxyl groups is 1. The number of aromatic nitrogens is 3. The lowest BCUT2D eigenvalue weighted by molar-refractivity contribution is -0.198. The summed E-state index contributed by atoms with van der Waals surface area (Å²) in [6, 6.07) is 16.8. The Kier molecular flexibility index (Phi) is 4.83. The van der Waals surface area contributed by atoms with Gasteiger partial charge in [-0.25, -0.2) is 9.97 Å². The first-order chi connectivity index (χ1) is 14.3. The molecule has 148 valence electrons. The van der Waals surface area contributed by atoms with Gasteiger partial charge in [0, 0.05) is 62.3 Å². The summed E-state index contributed by atoms with van der Waals surface area (Å²) >= 11 is 0. The highest BCUT2D eigenvalue weighted by molar-refractivity contribution is 5.36. The third-order valence-electron chi connectivity index (χ3n) is 6.36. The van der Waals surface area contributed by atoms with Crippen LogP contribution in [0.5, 0.6) is 0 Å². The van der Waals surface area contributed by atoms with Gasteiger partial charge < -0.3 is 5.11 Å². The van der Waals surface area contributed by atoms with Crippen LogP contribution < -0.4 is 0 Å². The molecule has 6 heteroatoms. The van der Waals surface area contributed by atoms with E-state index >= 15 is 0 Å². The third kappa shape index (κ3) is 3.23. The zero-order valence-corrected chi connectivity index (χ0v) is 16.3. The van der Waals surface area contributed by atoms with Crippen molar-refractivity contribution in [1.82, 2.24) is 24.8 Å². The van der Waals surface area contributed by atoms with Crippen LogP contribution in [0, 0.1) is 0 Å². The van der Waals surface area contributed by atoms with Gasteiger partial charge in [-0.3, -0.25) is 14.8 Å². The lowest BCUT2D eigenvalue weighted by Crippen LogP contribution is -2.83. The molecule has 1 aromatic carbocycles. The van der Waals surface area contributed by atoms with Gasteiger partial charge in [0.1, 0.15) is 6.33 Å². The number of hydrogen-bond acceptors (Lipinski definition) is 6. The molecule has 29 heavy (non-hydrogen) atoms. The van der Waals surface area contributed by atoms with Crippen molar-refractivity contribution in [2.45, 2.75) is 30.6 Å². The van der Waals surface area contributed by atoms with E-state index in [0.29, 0.717) is 5.92 Å². The molecule has 0 saturated carbocycles. The second-order valence-electron chi connectivity index (χ2n) is 8.08. The Bertz CT molecular complexity index is 931. The van der Waals surface area contributed by atoms with Gasteiger partial charge in [0.15, 0.2) is 0 Å². The second kappa shape index (κ2) is 7.63. The van der Waals surface area contributed by atoms with Gasteiger partial charge in [0.2, 0.25) is 0 Å². The van der Waals surface area contributed by atoms with Gasteiger partial charge in [0.25, 0.3) is 0 Å². The number of nitrogens with zero attached hydrogens (tertiary/aromatic N) is 5. The molecule has 4 heterocycles. The highest BCUT2D eigenvalue weighted by Gasteiger charge is 2.65. The first kappa shape index (κ1) is 18.4. The highest BCUT2D eigenvalue weighted by atomic mass is 16.3. The number of likely N-dealkylation sites (tertiary alicyclic amines) is 2. The van der Waals surface area contributed by atoms with Crippen molar-refractivity contribution in [3.63, 3.8) is 0 Å². The first-order valence-corrected chi connectivity index (χ1v) is 10.1. The second-order valence-corrected chi connectivity index (χ2v) is 8.08. The maximum atomic E-state index is 10.2. The van der Waals surface area contributed by atoms with E-state index in [1.54, 1.807) is 6.33 Å². The van der Waals surface area contributed by atoms with Gasteiger partial charge in [-0.1, -0.05) is 36.4 Å². The summed E-state index contributed by atoms with van der Waals surface area (Å²) < 4.78 is 0. The quantitative estimate of drug-likeness (QED) is 0.699. The molecule has 3 aromatic rings. The van der Waals surface area contributed by atoms with Gasteiger partial charge in [-0.05, 0) is 17.7 Å². The van der Waals surface area contributed by atoms with Crippen LogP contribution >= 0.6 is 0 Å². The predicted molar refractivity (Wildman–Crippen MR) is 110 cm³/mol. The summed E-state index contributed by atoms with van der Waals surface area (Å²) in [5.41, 5.74) is 3.52. The molecular formula is C23H25N5O. The van der Waals surface area contributed by atoms with Crippen molar-refractivity contribution >= 4 is 0 Å². The molecular weight excluding hydrogens is 362 g/mol. The minimum absolute atomic E-state index is 0.0272. The normalized spacial score (nSPS) is 23.5. The molecule has 2 aliphatic rings. The van der Waals surface area contributed by atoms with Gasteiger partial charge in [0.05, 0.1) is 17.8 Å². The number of rotatable bonds is 6. The first-order valence-electron chi connectivity index (χ1n) is 10.1. The Morgan fingerprint density at radius 1 is 0.966 bits per heavy atom. The van der Waals surface area contributed by atoms with E-state index < -0.39 is 0 Å². The molecule has 5 rings (SSSR count). The number of aliphatic hydroxyl groups excluding tert-OH is 1. The summed E-state index contributed by atoms with van der Waals surface area (Å²) in [5, 5.41) is 10.2. The molecule has 2 fully saturated rings. The van der Waals surface area contributed by atoms with E-state index in [1.165, 1.54) is 5.56 Å². The summed E-state index contributed by atoms with van der Waals surface area (Å²) in [6.07, 6.45) is 7.15. The van der Waals surface area contributed by atoms with Crippen LogP contribution in [0.4, 0.5) is 0 Å². The molecule has 0 amide bonds. The van der Waals surface area contributed by atoms with Crippen LogP contribution in [-0.2, 0) is 13.1 Å². The van der Waals surface area contributed by atoms with E-state index in [-0.39, 0.29) is 18.2 Å². The average Bonchev–Trinajstić information content (AvgIpc) is 2.75. The zero-order chi connectivity index (χ0) is 19.7. The zero-order valence-electron chi connectivity index (χ0n) is 16.3. The van der Waals surface area contributed by atoms with E-state index in [4.69, 9.17) is 0 Å². The smallest absolute Gasteiger partial charge is 0.115 e. The van der Waals surface area contributed by atoms with Gasteiger partial charge >= 0.3 is 0 Å². The van der Waals surface area contributed by atoms with Crippen molar-refractivity contribution in [3.8, 4) is 0 Å². The number of hydrogen-bond donors (Lipinski definition) is 1. The fraction of sp³-hybridized carbons (Fsp3) is 0.348. The van der Waals surface area contributed by atoms with E-state index in [1.807, 2.05) is 30.7 Å². The van der Waals surface area contributed by atoms with E-state index in [2.05, 4.69) is 61.1 Å². The molecule has 0 radical (unpaired) electrons. The lowest BCUT2D eigenvalue weighted by Gasteiger charge is -2.71. The minimum atomic E-state index is 0.0272. The molecule has 2 aliphatic heterocycles. The van der Waals surface area contributed by atoms with E-state index in [0.717, 1.165) is 37.4 Å². The van der Waals surface area contributed by atoms with Crippen LogP contribution in [0.15, 0.2) is 73.4 Å². The van der Waals surface area contributed by atoms with Crippen LogP contribution in [0.2, 0.25) is 0 Å². The minimum Gasteiger partial charge on any atom is -0.395 e. The Labute approximate surface area is 170 Å². The maximum absolute atomic E-state index is 10.2. The number of benzene rings is 1.